The Labute approximate surface area is 75.7 Å². The number of aromatic nitrogens is 3. The number of nitrogens with zero attached hydrogens (tertiary/aromatic N) is 2. The molecule has 0 radical (unpaired) electrons. The molecule has 6 nitrogen and oxygen atoms in total. The summed E-state index contributed by atoms with van der Waals surface area (Å²) in [7, 11) is 1.58. The summed E-state index contributed by atoms with van der Waals surface area (Å²) < 4.78 is 4.78. The van der Waals surface area contributed by atoms with Crippen molar-refractivity contribution in [2.75, 3.05) is 20.3 Å². The van der Waals surface area contributed by atoms with Crippen molar-refractivity contribution in [2.45, 2.75) is 6.92 Å². The smallest absolute Gasteiger partial charge is 0.273 e. The summed E-state index contributed by atoms with van der Waals surface area (Å²) in [5, 5.41) is 12.5. The molecular weight excluding hydrogens is 172 g/mol. The number of amides is 1. The first-order valence-electron chi connectivity index (χ1n) is 3.90. The van der Waals surface area contributed by atoms with Gasteiger partial charge >= 0.3 is 0 Å². The van der Waals surface area contributed by atoms with Gasteiger partial charge in [-0.25, -0.2) is 0 Å². The van der Waals surface area contributed by atoms with Gasteiger partial charge in [0.1, 0.15) is 0 Å². The molecule has 1 rings (SSSR count). The Balaban J connectivity index is 2.45. The molecule has 0 aliphatic carbocycles. The Bertz CT molecular complexity index is 284. The molecule has 2 N–H and O–H groups in total. The predicted octanol–water partition coefficient (Wildman–Crippen LogP) is -0.511. The van der Waals surface area contributed by atoms with E-state index < -0.39 is 0 Å². The van der Waals surface area contributed by atoms with Gasteiger partial charge in [0, 0.05) is 13.7 Å². The molecule has 0 fully saturated rings. The van der Waals surface area contributed by atoms with E-state index in [2.05, 4.69) is 20.7 Å². The monoisotopic (exact) mass is 184 g/mol. The number of H-pyrrole nitrogens is 1. The predicted molar refractivity (Wildman–Crippen MR) is 45.3 cm³/mol. The first-order chi connectivity index (χ1) is 6.25. The van der Waals surface area contributed by atoms with Gasteiger partial charge in [0.25, 0.3) is 5.91 Å². The molecule has 1 aromatic rings. The molecule has 1 heterocycles. The maximum atomic E-state index is 11.3. The second-order valence-electron chi connectivity index (χ2n) is 2.51. The van der Waals surface area contributed by atoms with E-state index in [1.165, 1.54) is 0 Å². The van der Waals surface area contributed by atoms with Crippen LogP contribution in [0.4, 0.5) is 0 Å². The highest BCUT2D eigenvalue weighted by molar-refractivity contribution is 5.93. The minimum atomic E-state index is -0.233. The SMILES string of the molecule is COCCNC(=O)c1n[nH]nc1C. The molecular formula is C7H12N4O2. The lowest BCUT2D eigenvalue weighted by atomic mass is 10.3. The van der Waals surface area contributed by atoms with Crippen molar-refractivity contribution in [1.29, 1.82) is 0 Å². The van der Waals surface area contributed by atoms with Crippen LogP contribution in [0.15, 0.2) is 0 Å². The van der Waals surface area contributed by atoms with Crippen LogP contribution in [0, 0.1) is 6.92 Å². The number of aryl methyl sites for hydroxylation is 1. The number of carbonyl (C=O) groups is 1. The fraction of sp³-hybridized carbons (Fsp3) is 0.571. The van der Waals surface area contributed by atoms with Crippen LogP contribution < -0.4 is 5.32 Å². The van der Waals surface area contributed by atoms with Gasteiger partial charge in [-0.15, -0.1) is 0 Å². The van der Waals surface area contributed by atoms with Crippen LogP contribution in [0.3, 0.4) is 0 Å². The number of methoxy groups -OCH3 is 1. The minimum Gasteiger partial charge on any atom is -0.383 e. The number of rotatable bonds is 4. The number of ether oxygens (including phenoxy) is 1. The molecule has 1 aromatic heterocycles. The summed E-state index contributed by atoms with van der Waals surface area (Å²) in [6.45, 7) is 2.68. The van der Waals surface area contributed by atoms with Gasteiger partial charge in [-0.3, -0.25) is 4.79 Å². The lowest BCUT2D eigenvalue weighted by molar-refractivity contribution is 0.0931. The van der Waals surface area contributed by atoms with E-state index in [4.69, 9.17) is 4.74 Å². The molecule has 0 spiro atoms. The second kappa shape index (κ2) is 4.56. The highest BCUT2D eigenvalue weighted by atomic mass is 16.5. The molecule has 72 valence electrons. The van der Waals surface area contributed by atoms with Gasteiger partial charge in [-0.2, -0.15) is 15.4 Å². The van der Waals surface area contributed by atoms with Crippen LogP contribution >= 0.6 is 0 Å². The minimum absolute atomic E-state index is 0.233. The summed E-state index contributed by atoms with van der Waals surface area (Å²) in [5.74, 6) is -0.233. The van der Waals surface area contributed by atoms with Crippen LogP contribution in [0.25, 0.3) is 0 Å². The van der Waals surface area contributed by atoms with Crippen molar-refractivity contribution >= 4 is 5.91 Å². The fourth-order valence-electron chi connectivity index (χ4n) is 0.849. The molecule has 0 bridgehead atoms. The van der Waals surface area contributed by atoms with Crippen LogP contribution in [0.5, 0.6) is 0 Å². The zero-order chi connectivity index (χ0) is 9.68. The van der Waals surface area contributed by atoms with Crippen molar-refractivity contribution in [3.8, 4) is 0 Å². The summed E-state index contributed by atoms with van der Waals surface area (Å²) >= 11 is 0. The average Bonchev–Trinajstić information content (AvgIpc) is 2.52. The van der Waals surface area contributed by atoms with E-state index in [0.29, 0.717) is 24.5 Å². The van der Waals surface area contributed by atoms with Crippen molar-refractivity contribution in [3.63, 3.8) is 0 Å². The topological polar surface area (TPSA) is 79.9 Å². The van der Waals surface area contributed by atoms with Gasteiger partial charge in [0.2, 0.25) is 0 Å². The molecule has 0 aliphatic heterocycles. The van der Waals surface area contributed by atoms with Gasteiger partial charge in [-0.1, -0.05) is 0 Å². The molecule has 1 amide bonds. The Hall–Kier alpha value is -1.43. The number of hydrogen-bond donors (Lipinski definition) is 2. The molecule has 0 saturated heterocycles. The van der Waals surface area contributed by atoms with Crippen molar-refractivity contribution in [2.24, 2.45) is 0 Å². The van der Waals surface area contributed by atoms with E-state index in [-0.39, 0.29) is 5.91 Å². The van der Waals surface area contributed by atoms with Crippen molar-refractivity contribution in [3.05, 3.63) is 11.4 Å². The first-order valence-corrected chi connectivity index (χ1v) is 3.90. The summed E-state index contributed by atoms with van der Waals surface area (Å²) in [4.78, 5) is 11.3. The van der Waals surface area contributed by atoms with E-state index in [9.17, 15) is 4.79 Å². The van der Waals surface area contributed by atoms with Gasteiger partial charge in [0.15, 0.2) is 5.69 Å². The maximum Gasteiger partial charge on any atom is 0.273 e. The summed E-state index contributed by atoms with van der Waals surface area (Å²) in [6.07, 6.45) is 0. The van der Waals surface area contributed by atoms with Gasteiger partial charge < -0.3 is 10.1 Å². The zero-order valence-electron chi connectivity index (χ0n) is 7.63. The third-order valence-electron chi connectivity index (χ3n) is 1.53. The van der Waals surface area contributed by atoms with E-state index >= 15 is 0 Å². The van der Waals surface area contributed by atoms with Crippen LogP contribution in [0.1, 0.15) is 16.2 Å². The quantitative estimate of drug-likeness (QED) is 0.617. The van der Waals surface area contributed by atoms with Gasteiger partial charge in [-0.05, 0) is 6.92 Å². The molecule has 0 saturated carbocycles. The third-order valence-corrected chi connectivity index (χ3v) is 1.53. The Kier molecular flexibility index (Phi) is 3.39. The number of aromatic amines is 1. The first kappa shape index (κ1) is 9.66. The largest absolute Gasteiger partial charge is 0.383 e. The second-order valence-corrected chi connectivity index (χ2v) is 2.51. The van der Waals surface area contributed by atoms with Crippen LogP contribution in [-0.2, 0) is 4.74 Å². The Morgan fingerprint density at radius 3 is 2.92 bits per heavy atom. The molecule has 0 aliphatic rings. The molecule has 0 atom stereocenters. The maximum absolute atomic E-state index is 11.3. The standard InChI is InChI=1S/C7H12N4O2/c1-5-6(10-11-9-5)7(12)8-3-4-13-2/h3-4H2,1-2H3,(H,8,12)(H,9,10,11). The molecule has 13 heavy (non-hydrogen) atoms. The zero-order valence-corrected chi connectivity index (χ0v) is 7.63. The lowest BCUT2D eigenvalue weighted by Crippen LogP contribution is -2.27. The summed E-state index contributed by atoms with van der Waals surface area (Å²) in [6, 6.07) is 0. The highest BCUT2D eigenvalue weighted by Crippen LogP contribution is 1.96. The number of hydrogen-bond acceptors (Lipinski definition) is 4. The van der Waals surface area contributed by atoms with Crippen molar-refractivity contribution in [1.82, 2.24) is 20.7 Å². The third kappa shape index (κ3) is 2.51. The van der Waals surface area contributed by atoms with E-state index in [0.717, 1.165) is 0 Å². The van der Waals surface area contributed by atoms with Gasteiger partial charge in [0.05, 0.1) is 12.3 Å². The fourth-order valence-corrected chi connectivity index (χ4v) is 0.849. The van der Waals surface area contributed by atoms with Crippen LogP contribution in [0.2, 0.25) is 0 Å². The molecule has 0 aromatic carbocycles. The molecule has 6 heteroatoms. The molecule has 0 unspecified atom stereocenters. The van der Waals surface area contributed by atoms with Crippen molar-refractivity contribution < 1.29 is 9.53 Å². The van der Waals surface area contributed by atoms with Crippen LogP contribution in [-0.4, -0.2) is 41.6 Å². The van der Waals surface area contributed by atoms with E-state index in [1.807, 2.05) is 0 Å². The number of nitrogens with one attached hydrogen (secondary N) is 2. The average molecular weight is 184 g/mol. The highest BCUT2D eigenvalue weighted by Gasteiger charge is 2.11. The lowest BCUT2D eigenvalue weighted by Gasteiger charge is -2.01. The Morgan fingerprint density at radius 2 is 2.38 bits per heavy atom. The number of carbonyl (C=O) groups excluding carboxylic acids is 1. The van der Waals surface area contributed by atoms with E-state index in [1.54, 1.807) is 14.0 Å². The Morgan fingerprint density at radius 1 is 1.62 bits per heavy atom. The normalized spacial score (nSPS) is 10.0. The summed E-state index contributed by atoms with van der Waals surface area (Å²) in [5.41, 5.74) is 0.922.